The summed E-state index contributed by atoms with van der Waals surface area (Å²) >= 11 is 0. The van der Waals surface area contributed by atoms with Crippen LogP contribution in [0.5, 0.6) is 0 Å². The maximum atomic E-state index is 4.24. The predicted octanol–water partition coefficient (Wildman–Crippen LogP) is 2.25. The Morgan fingerprint density at radius 1 is 1.23 bits per heavy atom. The van der Waals surface area contributed by atoms with Crippen LogP contribution in [0.3, 0.4) is 0 Å². The third-order valence-corrected chi connectivity index (χ3v) is 3.26. The lowest BCUT2D eigenvalue weighted by molar-refractivity contribution is 0.614. The minimum Gasteiger partial charge on any atom is -0.356 e. The Morgan fingerprint density at radius 3 is 2.73 bits per heavy atom. The molecule has 0 bridgehead atoms. The third-order valence-electron chi connectivity index (χ3n) is 3.26. The molecule has 0 saturated heterocycles. The van der Waals surface area contributed by atoms with Crippen LogP contribution in [-0.2, 0) is 13.1 Å². The fraction of sp³-hybridized carbons (Fsp3) is 0.412. The number of aliphatic imine (C=N–C) groups is 1. The number of guanidine groups is 1. The van der Waals surface area contributed by atoms with Crippen molar-refractivity contribution in [2.24, 2.45) is 10.9 Å². The summed E-state index contributed by atoms with van der Waals surface area (Å²) in [5, 5.41) is 10.9. The second-order valence-electron chi connectivity index (χ2n) is 5.72. The van der Waals surface area contributed by atoms with Crippen LogP contribution < -0.4 is 10.6 Å². The van der Waals surface area contributed by atoms with Crippen molar-refractivity contribution >= 4 is 5.96 Å². The lowest BCUT2D eigenvalue weighted by Crippen LogP contribution is -2.38. The van der Waals surface area contributed by atoms with Crippen LogP contribution in [0.2, 0.25) is 0 Å². The van der Waals surface area contributed by atoms with Crippen LogP contribution >= 0.6 is 0 Å². The number of nitrogens with zero attached hydrogens (tertiary/aromatic N) is 3. The average Bonchev–Trinajstić information content (AvgIpc) is 3.00. The minimum atomic E-state index is 0.593. The summed E-state index contributed by atoms with van der Waals surface area (Å²) in [5.74, 6) is 1.43. The first-order valence-electron chi connectivity index (χ1n) is 7.67. The third kappa shape index (κ3) is 5.24. The smallest absolute Gasteiger partial charge is 0.191 e. The van der Waals surface area contributed by atoms with E-state index in [-0.39, 0.29) is 0 Å². The van der Waals surface area contributed by atoms with E-state index in [2.05, 4.69) is 58.8 Å². The molecule has 0 aliphatic heterocycles. The summed E-state index contributed by atoms with van der Waals surface area (Å²) in [6.07, 6.45) is 3.78. The van der Waals surface area contributed by atoms with Gasteiger partial charge in [-0.3, -0.25) is 9.67 Å². The highest BCUT2D eigenvalue weighted by Gasteiger charge is 2.01. The van der Waals surface area contributed by atoms with Crippen LogP contribution in [0.4, 0.5) is 0 Å². The molecule has 0 aliphatic carbocycles. The van der Waals surface area contributed by atoms with Gasteiger partial charge in [0.2, 0.25) is 0 Å². The van der Waals surface area contributed by atoms with Gasteiger partial charge in [-0.2, -0.15) is 5.10 Å². The minimum absolute atomic E-state index is 0.593. The van der Waals surface area contributed by atoms with Gasteiger partial charge in [-0.1, -0.05) is 38.1 Å². The van der Waals surface area contributed by atoms with Gasteiger partial charge < -0.3 is 10.6 Å². The van der Waals surface area contributed by atoms with Gasteiger partial charge in [0.05, 0.1) is 6.54 Å². The standard InChI is InChI=1S/C17H25N5/c1-14(2)11-19-17(18-3)20-12-15-6-4-7-16(10-15)13-22-9-5-8-21-22/h4-10,14H,11-13H2,1-3H3,(H2,18,19,20). The summed E-state index contributed by atoms with van der Waals surface area (Å²) in [6.45, 7) is 6.82. The highest BCUT2D eigenvalue weighted by molar-refractivity contribution is 5.79. The molecule has 0 fully saturated rings. The Hall–Kier alpha value is -2.30. The Bertz CT molecular complexity index is 587. The molecule has 0 radical (unpaired) electrons. The molecule has 0 amide bonds. The molecule has 2 rings (SSSR count). The van der Waals surface area contributed by atoms with E-state index in [0.29, 0.717) is 5.92 Å². The molecule has 0 atom stereocenters. The van der Waals surface area contributed by atoms with Crippen molar-refractivity contribution in [3.8, 4) is 0 Å². The van der Waals surface area contributed by atoms with Gasteiger partial charge >= 0.3 is 0 Å². The molecule has 0 aliphatic rings. The first-order valence-corrected chi connectivity index (χ1v) is 7.67. The lowest BCUT2D eigenvalue weighted by Gasteiger charge is -2.14. The van der Waals surface area contributed by atoms with Crippen molar-refractivity contribution in [2.75, 3.05) is 13.6 Å². The Morgan fingerprint density at radius 2 is 2.05 bits per heavy atom. The summed E-state index contributed by atoms with van der Waals surface area (Å²) in [5.41, 5.74) is 2.48. The van der Waals surface area contributed by atoms with Gasteiger partial charge in [0.25, 0.3) is 0 Å². The molecular formula is C17H25N5. The first kappa shape index (κ1) is 16.1. The summed E-state index contributed by atoms with van der Waals surface area (Å²) in [7, 11) is 1.80. The van der Waals surface area contributed by atoms with Gasteiger partial charge in [-0.15, -0.1) is 0 Å². The number of benzene rings is 1. The number of hydrogen-bond acceptors (Lipinski definition) is 2. The quantitative estimate of drug-likeness (QED) is 0.635. The SMILES string of the molecule is CN=C(NCc1cccc(Cn2cccn2)c1)NCC(C)C. The van der Waals surface area contributed by atoms with Crippen LogP contribution in [0.25, 0.3) is 0 Å². The normalized spacial score (nSPS) is 11.7. The second kappa shape index (κ2) is 8.22. The van der Waals surface area contributed by atoms with E-state index in [9.17, 15) is 0 Å². The van der Waals surface area contributed by atoms with E-state index in [1.54, 1.807) is 13.2 Å². The summed E-state index contributed by atoms with van der Waals surface area (Å²) in [4.78, 5) is 4.24. The molecule has 22 heavy (non-hydrogen) atoms. The van der Waals surface area contributed by atoms with Gasteiger partial charge in [0.1, 0.15) is 0 Å². The van der Waals surface area contributed by atoms with Gasteiger partial charge in [0.15, 0.2) is 5.96 Å². The molecule has 0 unspecified atom stereocenters. The Labute approximate surface area is 132 Å². The molecule has 1 aromatic carbocycles. The van der Waals surface area contributed by atoms with Crippen LogP contribution in [-0.4, -0.2) is 29.3 Å². The van der Waals surface area contributed by atoms with Crippen molar-refractivity contribution < 1.29 is 0 Å². The Kier molecular flexibility index (Phi) is 6.01. The molecule has 118 valence electrons. The highest BCUT2D eigenvalue weighted by atomic mass is 15.3. The van der Waals surface area contributed by atoms with Crippen LogP contribution in [0.15, 0.2) is 47.7 Å². The van der Waals surface area contributed by atoms with Crippen molar-refractivity contribution in [1.82, 2.24) is 20.4 Å². The van der Waals surface area contributed by atoms with Gasteiger partial charge in [-0.25, -0.2) is 0 Å². The largest absolute Gasteiger partial charge is 0.356 e. The zero-order valence-corrected chi connectivity index (χ0v) is 13.6. The average molecular weight is 299 g/mol. The van der Waals surface area contributed by atoms with E-state index < -0.39 is 0 Å². The molecule has 5 heteroatoms. The first-order chi connectivity index (χ1) is 10.7. The highest BCUT2D eigenvalue weighted by Crippen LogP contribution is 2.07. The van der Waals surface area contributed by atoms with Crippen molar-refractivity contribution in [1.29, 1.82) is 0 Å². The monoisotopic (exact) mass is 299 g/mol. The summed E-state index contributed by atoms with van der Waals surface area (Å²) < 4.78 is 1.93. The fourth-order valence-corrected chi connectivity index (χ4v) is 2.13. The molecule has 2 aromatic rings. The number of nitrogens with one attached hydrogen (secondary N) is 2. The van der Waals surface area contributed by atoms with E-state index >= 15 is 0 Å². The second-order valence-corrected chi connectivity index (χ2v) is 5.72. The van der Waals surface area contributed by atoms with E-state index in [1.165, 1.54) is 11.1 Å². The molecule has 5 nitrogen and oxygen atoms in total. The number of rotatable bonds is 6. The molecule has 0 spiro atoms. The zero-order valence-electron chi connectivity index (χ0n) is 13.6. The van der Waals surface area contributed by atoms with Crippen molar-refractivity contribution in [2.45, 2.75) is 26.9 Å². The van der Waals surface area contributed by atoms with Gasteiger partial charge in [-0.05, 0) is 23.1 Å². The van der Waals surface area contributed by atoms with E-state index in [1.807, 2.05) is 16.9 Å². The molecular weight excluding hydrogens is 274 g/mol. The molecule has 2 N–H and O–H groups in total. The lowest BCUT2D eigenvalue weighted by atomic mass is 10.1. The fourth-order valence-electron chi connectivity index (χ4n) is 2.13. The van der Waals surface area contributed by atoms with Crippen molar-refractivity contribution in [3.63, 3.8) is 0 Å². The molecule has 1 aromatic heterocycles. The predicted molar refractivity (Wildman–Crippen MR) is 90.8 cm³/mol. The van der Waals surface area contributed by atoms with E-state index in [4.69, 9.17) is 0 Å². The molecule has 1 heterocycles. The summed E-state index contributed by atoms with van der Waals surface area (Å²) in [6, 6.07) is 10.5. The maximum Gasteiger partial charge on any atom is 0.191 e. The Balaban J connectivity index is 1.89. The van der Waals surface area contributed by atoms with Crippen LogP contribution in [0.1, 0.15) is 25.0 Å². The number of aromatic nitrogens is 2. The van der Waals surface area contributed by atoms with Gasteiger partial charge in [0, 0.05) is 32.5 Å². The number of hydrogen-bond donors (Lipinski definition) is 2. The van der Waals surface area contributed by atoms with Crippen molar-refractivity contribution in [3.05, 3.63) is 53.9 Å². The molecule has 0 saturated carbocycles. The zero-order chi connectivity index (χ0) is 15.8. The van der Waals surface area contributed by atoms with E-state index in [0.717, 1.165) is 25.6 Å². The maximum absolute atomic E-state index is 4.24. The topological polar surface area (TPSA) is 54.2 Å². The van der Waals surface area contributed by atoms with Crippen LogP contribution in [0, 0.1) is 5.92 Å².